The molecule has 4 heteroatoms. The van der Waals surface area contributed by atoms with Crippen LogP contribution in [0.4, 0.5) is 8.78 Å². The highest BCUT2D eigenvalue weighted by Gasteiger charge is 2.26. The molecular weight excluding hydrogens is 260 g/mol. The van der Waals surface area contributed by atoms with Gasteiger partial charge in [-0.1, -0.05) is 49.6 Å². The fourth-order valence-corrected chi connectivity index (χ4v) is 2.11. The molecule has 0 unspecified atom stereocenters. The van der Waals surface area contributed by atoms with Gasteiger partial charge in [0.2, 0.25) is 0 Å². The van der Waals surface area contributed by atoms with Crippen molar-refractivity contribution in [1.29, 1.82) is 0 Å². The highest BCUT2D eigenvalue weighted by molar-refractivity contribution is 5.74. The molecule has 1 aliphatic heterocycles. The van der Waals surface area contributed by atoms with Gasteiger partial charge in [-0.3, -0.25) is 0 Å². The van der Waals surface area contributed by atoms with Gasteiger partial charge < -0.3 is 0 Å². The second-order valence-electron chi connectivity index (χ2n) is 4.31. The summed E-state index contributed by atoms with van der Waals surface area (Å²) in [7, 11) is 0. The lowest BCUT2D eigenvalue weighted by atomic mass is 9.99. The molecule has 0 atom stereocenters. The topological polar surface area (TPSA) is 12.5 Å². The van der Waals surface area contributed by atoms with Crippen molar-refractivity contribution < 1.29 is 13.6 Å². The fourth-order valence-electron chi connectivity index (χ4n) is 2.11. The number of hydrogen-bond donors (Lipinski definition) is 0. The van der Waals surface area contributed by atoms with E-state index >= 15 is 0 Å². The Bertz CT molecular complexity index is 588. The summed E-state index contributed by atoms with van der Waals surface area (Å²) in [6.45, 7) is 6.37. The summed E-state index contributed by atoms with van der Waals surface area (Å²) in [6, 6.07) is 9.21. The van der Waals surface area contributed by atoms with Gasteiger partial charge in [-0.05, 0) is 24.1 Å². The molecule has 0 fully saturated rings. The lowest BCUT2D eigenvalue weighted by Gasteiger charge is -2.32. The molecule has 2 rings (SSSR count). The van der Waals surface area contributed by atoms with E-state index in [0.29, 0.717) is 17.0 Å². The maximum Gasteiger partial charge on any atom is 0.365 e. The Morgan fingerprint density at radius 3 is 2.45 bits per heavy atom. The number of nitrogens with zero attached hydrogens (tertiary/aromatic N) is 1. The van der Waals surface area contributed by atoms with E-state index in [-0.39, 0.29) is 0 Å². The van der Waals surface area contributed by atoms with Gasteiger partial charge in [-0.15, -0.1) is 0 Å². The average molecular weight is 275 g/mol. The van der Waals surface area contributed by atoms with Crippen molar-refractivity contribution in [3.8, 4) is 0 Å². The van der Waals surface area contributed by atoms with Crippen molar-refractivity contribution in [1.82, 2.24) is 5.06 Å². The molecule has 0 amide bonds. The Morgan fingerprint density at radius 2 is 1.90 bits per heavy atom. The van der Waals surface area contributed by atoms with Gasteiger partial charge in [0.25, 0.3) is 0 Å². The summed E-state index contributed by atoms with van der Waals surface area (Å²) in [5, 5.41) is 1.08. The first kappa shape index (κ1) is 14.2. The number of benzene rings is 1. The van der Waals surface area contributed by atoms with Crippen molar-refractivity contribution >= 4 is 5.70 Å². The molecule has 0 saturated heterocycles. The fraction of sp³-hybridized carbons (Fsp3) is 0.125. The second kappa shape index (κ2) is 5.84. The van der Waals surface area contributed by atoms with E-state index in [2.05, 4.69) is 18.0 Å². The van der Waals surface area contributed by atoms with Crippen LogP contribution in [0, 0.1) is 0 Å². The number of alkyl halides is 2. The van der Waals surface area contributed by atoms with E-state index in [0.717, 1.165) is 16.2 Å². The molecule has 0 bridgehead atoms. The van der Waals surface area contributed by atoms with Crippen molar-refractivity contribution in [2.75, 3.05) is 0 Å². The number of hydrogen-bond acceptors (Lipinski definition) is 2. The maximum absolute atomic E-state index is 12.7. The minimum absolute atomic E-state index is 0.338. The first-order valence-electron chi connectivity index (χ1n) is 6.09. The molecule has 0 spiro atoms. The van der Waals surface area contributed by atoms with E-state index in [4.69, 9.17) is 0 Å². The summed E-state index contributed by atoms with van der Waals surface area (Å²) < 4.78 is 25.3. The van der Waals surface area contributed by atoms with Crippen LogP contribution in [0.25, 0.3) is 5.70 Å². The van der Waals surface area contributed by atoms with E-state index in [1.165, 1.54) is 0 Å². The normalized spacial score (nSPS) is 15.7. The molecule has 1 heterocycles. The lowest BCUT2D eigenvalue weighted by Crippen LogP contribution is -2.27. The average Bonchev–Trinajstić information content (AvgIpc) is 2.43. The van der Waals surface area contributed by atoms with E-state index in [9.17, 15) is 8.78 Å². The molecular formula is C16H15F2NO. The molecule has 20 heavy (non-hydrogen) atoms. The summed E-state index contributed by atoms with van der Waals surface area (Å²) in [6.07, 6.45) is 3.42. The molecule has 0 aromatic heterocycles. The first-order valence-corrected chi connectivity index (χ1v) is 6.09. The molecule has 104 valence electrons. The third kappa shape index (κ3) is 2.70. The Kier molecular flexibility index (Phi) is 4.15. The Morgan fingerprint density at radius 1 is 1.25 bits per heavy atom. The Hall–Kier alpha value is -2.20. The lowest BCUT2D eigenvalue weighted by molar-refractivity contribution is -0.239. The maximum atomic E-state index is 12.7. The van der Waals surface area contributed by atoms with Gasteiger partial charge in [-0.25, -0.2) is 5.06 Å². The summed E-state index contributed by atoms with van der Waals surface area (Å²) in [5.74, 6) is 0. The number of allylic oxidation sites excluding steroid dienone is 3. The Labute approximate surface area is 116 Å². The van der Waals surface area contributed by atoms with Gasteiger partial charge >= 0.3 is 6.61 Å². The van der Waals surface area contributed by atoms with Gasteiger partial charge in [0.15, 0.2) is 0 Å². The van der Waals surface area contributed by atoms with Crippen molar-refractivity contribution in [3.63, 3.8) is 0 Å². The smallest absolute Gasteiger partial charge is 0.215 e. The monoisotopic (exact) mass is 275 g/mol. The SMILES string of the molecule is C=CC1=CC(C)=C(c2ccccc2)N(OC(F)F)C1=C. The molecule has 1 aromatic rings. The van der Waals surface area contributed by atoms with Crippen LogP contribution in [0.2, 0.25) is 0 Å². The predicted molar refractivity (Wildman–Crippen MR) is 75.4 cm³/mol. The number of rotatable bonds is 4. The second-order valence-corrected chi connectivity index (χ2v) is 4.31. The molecule has 0 radical (unpaired) electrons. The van der Waals surface area contributed by atoms with Crippen LogP contribution in [-0.4, -0.2) is 11.7 Å². The van der Waals surface area contributed by atoms with Crippen LogP contribution in [0.15, 0.2) is 72.5 Å². The van der Waals surface area contributed by atoms with Crippen molar-refractivity contribution in [2.24, 2.45) is 0 Å². The van der Waals surface area contributed by atoms with Crippen molar-refractivity contribution in [2.45, 2.75) is 13.5 Å². The van der Waals surface area contributed by atoms with Gasteiger partial charge in [0, 0.05) is 5.56 Å². The largest absolute Gasteiger partial charge is 0.365 e. The first-order chi connectivity index (χ1) is 9.54. The molecule has 1 aromatic carbocycles. The van der Waals surface area contributed by atoms with E-state index in [1.54, 1.807) is 6.08 Å². The van der Waals surface area contributed by atoms with E-state index < -0.39 is 6.61 Å². The third-order valence-corrected chi connectivity index (χ3v) is 2.98. The van der Waals surface area contributed by atoms with Crippen LogP contribution in [0.3, 0.4) is 0 Å². The van der Waals surface area contributed by atoms with E-state index in [1.807, 2.05) is 43.3 Å². The predicted octanol–water partition coefficient (Wildman–Crippen LogP) is 4.51. The highest BCUT2D eigenvalue weighted by Crippen LogP contribution is 2.35. The van der Waals surface area contributed by atoms with Crippen LogP contribution in [-0.2, 0) is 4.84 Å². The van der Waals surface area contributed by atoms with Gasteiger partial charge in [0.05, 0.1) is 11.4 Å². The highest BCUT2D eigenvalue weighted by atomic mass is 19.3. The standard InChI is InChI=1S/C16H15F2NO/c1-4-13-10-11(2)15(14-8-6-5-7-9-14)19(12(13)3)20-16(17)18/h4-10,16H,1,3H2,2H3. The zero-order chi connectivity index (χ0) is 14.7. The number of halogens is 2. The zero-order valence-corrected chi connectivity index (χ0v) is 11.1. The summed E-state index contributed by atoms with van der Waals surface area (Å²) in [4.78, 5) is 4.63. The molecule has 0 saturated carbocycles. The molecule has 0 aliphatic carbocycles. The molecule has 0 N–H and O–H groups in total. The van der Waals surface area contributed by atoms with Gasteiger partial charge in [-0.2, -0.15) is 13.6 Å². The van der Waals surface area contributed by atoms with Crippen molar-refractivity contribution in [3.05, 3.63) is 78.0 Å². The summed E-state index contributed by atoms with van der Waals surface area (Å²) in [5.41, 5.74) is 3.14. The van der Waals surface area contributed by atoms with Crippen LogP contribution >= 0.6 is 0 Å². The summed E-state index contributed by atoms with van der Waals surface area (Å²) >= 11 is 0. The zero-order valence-electron chi connectivity index (χ0n) is 11.1. The quantitative estimate of drug-likeness (QED) is 0.801. The van der Waals surface area contributed by atoms with Crippen LogP contribution < -0.4 is 0 Å². The number of hydroxylamine groups is 2. The third-order valence-electron chi connectivity index (χ3n) is 2.98. The minimum Gasteiger partial charge on any atom is -0.215 e. The van der Waals surface area contributed by atoms with Crippen LogP contribution in [0.1, 0.15) is 12.5 Å². The minimum atomic E-state index is -2.93. The molecule has 2 nitrogen and oxygen atoms in total. The Balaban J connectivity index is 2.55. The van der Waals surface area contributed by atoms with Crippen LogP contribution in [0.5, 0.6) is 0 Å². The van der Waals surface area contributed by atoms with Gasteiger partial charge in [0.1, 0.15) is 0 Å². The molecule has 1 aliphatic rings.